The average Bonchev–Trinajstić information content (AvgIpc) is 2.74. The summed E-state index contributed by atoms with van der Waals surface area (Å²) in [6.45, 7) is 8.44. The van der Waals surface area contributed by atoms with E-state index in [1.54, 1.807) is 16.7 Å². The second-order valence-electron chi connectivity index (χ2n) is 7.81. The van der Waals surface area contributed by atoms with Crippen molar-refractivity contribution >= 4 is 35.2 Å². The highest BCUT2D eigenvalue weighted by molar-refractivity contribution is 7.99. The van der Waals surface area contributed by atoms with Crippen LogP contribution in [-0.4, -0.2) is 34.6 Å². The number of nitrogens with one attached hydrogen (secondary N) is 1. The van der Waals surface area contributed by atoms with Crippen molar-refractivity contribution in [2.45, 2.75) is 70.5 Å². The van der Waals surface area contributed by atoms with Crippen molar-refractivity contribution in [1.82, 2.24) is 10.2 Å². The van der Waals surface area contributed by atoms with Crippen LogP contribution in [0, 0.1) is 6.92 Å². The normalized spacial score (nSPS) is 12.8. The molecule has 31 heavy (non-hydrogen) atoms. The Hall–Kier alpha value is -1.98. The van der Waals surface area contributed by atoms with Crippen LogP contribution < -0.4 is 5.32 Å². The molecule has 0 unspecified atom stereocenters. The first-order chi connectivity index (χ1) is 14.8. The monoisotopic (exact) mass is 460 g/mol. The lowest BCUT2D eigenvalue weighted by Gasteiger charge is -2.31. The Morgan fingerprint density at radius 1 is 1.10 bits per heavy atom. The fourth-order valence-corrected chi connectivity index (χ4v) is 4.27. The molecule has 2 rings (SSSR count). The summed E-state index contributed by atoms with van der Waals surface area (Å²) >= 11 is 7.56. The SMILES string of the molecule is CC[C@@H](C)NC(=O)[C@@H](CC)N(Cc1cccc(C)c1)C(=O)CCSc1ccc(Cl)cc1. The van der Waals surface area contributed by atoms with E-state index in [-0.39, 0.29) is 17.9 Å². The number of hydrogen-bond acceptors (Lipinski definition) is 3. The van der Waals surface area contributed by atoms with Gasteiger partial charge in [-0.25, -0.2) is 0 Å². The minimum absolute atomic E-state index is 0.00544. The third-order valence-corrected chi connectivity index (χ3v) is 6.49. The van der Waals surface area contributed by atoms with Gasteiger partial charge >= 0.3 is 0 Å². The molecule has 2 aromatic rings. The van der Waals surface area contributed by atoms with Crippen LogP contribution >= 0.6 is 23.4 Å². The largest absolute Gasteiger partial charge is 0.352 e. The Labute approximate surface area is 195 Å². The quantitative estimate of drug-likeness (QED) is 0.427. The van der Waals surface area contributed by atoms with E-state index in [9.17, 15) is 9.59 Å². The predicted octanol–water partition coefficient (Wildman–Crippen LogP) is 5.85. The first kappa shape index (κ1) is 25.3. The van der Waals surface area contributed by atoms with E-state index in [2.05, 4.69) is 11.4 Å². The molecule has 2 amide bonds. The average molecular weight is 461 g/mol. The first-order valence-corrected chi connectivity index (χ1v) is 12.2. The lowest BCUT2D eigenvalue weighted by molar-refractivity contribution is -0.141. The van der Waals surface area contributed by atoms with Gasteiger partial charge in [-0.2, -0.15) is 0 Å². The van der Waals surface area contributed by atoms with Crippen molar-refractivity contribution in [3.8, 4) is 0 Å². The van der Waals surface area contributed by atoms with Crippen LogP contribution in [0.15, 0.2) is 53.4 Å². The second-order valence-corrected chi connectivity index (χ2v) is 9.41. The van der Waals surface area contributed by atoms with Gasteiger partial charge in [0.1, 0.15) is 6.04 Å². The predicted molar refractivity (Wildman–Crippen MR) is 130 cm³/mol. The molecule has 0 aliphatic carbocycles. The van der Waals surface area contributed by atoms with Crippen molar-refractivity contribution in [3.05, 3.63) is 64.7 Å². The van der Waals surface area contributed by atoms with Gasteiger partial charge in [-0.15, -0.1) is 11.8 Å². The van der Waals surface area contributed by atoms with Crippen molar-refractivity contribution in [2.24, 2.45) is 0 Å². The van der Waals surface area contributed by atoms with Crippen molar-refractivity contribution in [2.75, 3.05) is 5.75 Å². The maximum Gasteiger partial charge on any atom is 0.243 e. The fraction of sp³-hybridized carbons (Fsp3) is 0.440. The Bertz CT molecular complexity index is 857. The molecule has 0 fully saturated rings. The smallest absolute Gasteiger partial charge is 0.243 e. The van der Waals surface area contributed by atoms with E-state index >= 15 is 0 Å². The molecule has 0 spiro atoms. The van der Waals surface area contributed by atoms with Crippen LogP contribution in [0.25, 0.3) is 0 Å². The fourth-order valence-electron chi connectivity index (χ4n) is 3.30. The number of carbonyl (C=O) groups excluding carboxylic acids is 2. The van der Waals surface area contributed by atoms with Crippen LogP contribution in [0.2, 0.25) is 5.02 Å². The summed E-state index contributed by atoms with van der Waals surface area (Å²) in [4.78, 5) is 29.0. The van der Waals surface area contributed by atoms with Gasteiger partial charge in [0.2, 0.25) is 11.8 Å². The van der Waals surface area contributed by atoms with Gasteiger partial charge in [-0.3, -0.25) is 9.59 Å². The van der Waals surface area contributed by atoms with Crippen LogP contribution in [0.1, 0.15) is 51.2 Å². The number of benzene rings is 2. The van der Waals surface area contributed by atoms with Crippen LogP contribution in [0.3, 0.4) is 0 Å². The maximum atomic E-state index is 13.2. The van der Waals surface area contributed by atoms with Crippen molar-refractivity contribution in [1.29, 1.82) is 0 Å². The van der Waals surface area contributed by atoms with Gasteiger partial charge in [0.25, 0.3) is 0 Å². The number of carbonyl (C=O) groups is 2. The highest BCUT2D eigenvalue weighted by Crippen LogP contribution is 2.22. The van der Waals surface area contributed by atoms with Gasteiger partial charge in [-0.1, -0.05) is 55.3 Å². The van der Waals surface area contributed by atoms with E-state index in [1.165, 1.54) is 0 Å². The summed E-state index contributed by atoms with van der Waals surface area (Å²) < 4.78 is 0. The van der Waals surface area contributed by atoms with Gasteiger partial charge in [0.05, 0.1) is 0 Å². The molecule has 0 saturated heterocycles. The standard InChI is InChI=1S/C25H33ClN2O2S/c1-5-19(4)27-25(30)23(6-2)28(17-20-9-7-8-18(3)16-20)24(29)14-15-31-22-12-10-21(26)11-13-22/h7-13,16,19,23H,5-6,14-15,17H2,1-4H3,(H,27,30)/t19-,23-/m1/s1. The van der Waals surface area contributed by atoms with Gasteiger partial charge in [0, 0.05) is 34.7 Å². The van der Waals surface area contributed by atoms with E-state index in [0.29, 0.717) is 30.2 Å². The molecular formula is C25H33ClN2O2S. The second kappa shape index (κ2) is 12.8. The number of amides is 2. The molecule has 0 bridgehead atoms. The molecule has 0 aliphatic rings. The van der Waals surface area contributed by atoms with Crippen molar-refractivity contribution in [3.63, 3.8) is 0 Å². The van der Waals surface area contributed by atoms with Crippen LogP contribution in [0.5, 0.6) is 0 Å². The van der Waals surface area contributed by atoms with Gasteiger partial charge < -0.3 is 10.2 Å². The Morgan fingerprint density at radius 2 is 1.81 bits per heavy atom. The molecule has 0 aliphatic heterocycles. The number of thioether (sulfide) groups is 1. The zero-order valence-electron chi connectivity index (χ0n) is 18.9. The van der Waals surface area contributed by atoms with Crippen LogP contribution in [0.4, 0.5) is 0 Å². The molecule has 0 saturated carbocycles. The summed E-state index contributed by atoms with van der Waals surface area (Å²) in [5.41, 5.74) is 2.17. The zero-order valence-corrected chi connectivity index (χ0v) is 20.4. The number of aryl methyl sites for hydroxylation is 1. The van der Waals surface area contributed by atoms with Gasteiger partial charge in [-0.05, 0) is 56.5 Å². The molecule has 2 aromatic carbocycles. The highest BCUT2D eigenvalue weighted by Gasteiger charge is 2.29. The topological polar surface area (TPSA) is 49.4 Å². The number of nitrogens with zero attached hydrogens (tertiary/aromatic N) is 1. The Kier molecular flexibility index (Phi) is 10.4. The van der Waals surface area contributed by atoms with E-state index < -0.39 is 6.04 Å². The maximum absolute atomic E-state index is 13.2. The molecule has 0 heterocycles. The molecular weight excluding hydrogens is 428 g/mol. The first-order valence-electron chi connectivity index (χ1n) is 10.9. The molecule has 1 N–H and O–H groups in total. The van der Waals surface area contributed by atoms with Crippen molar-refractivity contribution < 1.29 is 9.59 Å². The number of hydrogen-bond donors (Lipinski definition) is 1. The van der Waals surface area contributed by atoms with E-state index in [0.717, 1.165) is 22.4 Å². The summed E-state index contributed by atoms with van der Waals surface area (Å²) in [5.74, 6) is 0.561. The van der Waals surface area contributed by atoms with Gasteiger partial charge in [0.15, 0.2) is 0 Å². The molecule has 6 heteroatoms. The van der Waals surface area contributed by atoms with E-state index in [4.69, 9.17) is 11.6 Å². The lowest BCUT2D eigenvalue weighted by Crippen LogP contribution is -2.50. The lowest BCUT2D eigenvalue weighted by atomic mass is 10.1. The highest BCUT2D eigenvalue weighted by atomic mass is 35.5. The summed E-state index contributed by atoms with van der Waals surface area (Å²) in [5, 5.41) is 3.75. The third-order valence-electron chi connectivity index (χ3n) is 5.22. The molecule has 4 nitrogen and oxygen atoms in total. The number of rotatable bonds is 11. The minimum atomic E-state index is -0.484. The Balaban J connectivity index is 2.13. The molecule has 168 valence electrons. The zero-order chi connectivity index (χ0) is 22.8. The summed E-state index contributed by atoms with van der Waals surface area (Å²) in [6, 6.07) is 15.3. The van der Waals surface area contributed by atoms with Crippen LogP contribution in [-0.2, 0) is 16.1 Å². The Morgan fingerprint density at radius 3 is 2.42 bits per heavy atom. The molecule has 0 aromatic heterocycles. The molecule has 0 radical (unpaired) electrons. The third kappa shape index (κ3) is 8.23. The van der Waals surface area contributed by atoms with E-state index in [1.807, 2.05) is 70.2 Å². The summed E-state index contributed by atoms with van der Waals surface area (Å²) in [6.07, 6.45) is 1.79. The molecule has 2 atom stereocenters. The summed E-state index contributed by atoms with van der Waals surface area (Å²) in [7, 11) is 0. The minimum Gasteiger partial charge on any atom is -0.352 e. The number of halogens is 1.